The van der Waals surface area contributed by atoms with Gasteiger partial charge >= 0.3 is 0 Å². The molecule has 0 aliphatic rings. The molecule has 0 atom stereocenters. The van der Waals surface area contributed by atoms with Crippen molar-refractivity contribution in [2.24, 2.45) is 0 Å². The van der Waals surface area contributed by atoms with Gasteiger partial charge in [0.1, 0.15) is 5.75 Å². The third-order valence-electron chi connectivity index (χ3n) is 2.17. The Labute approximate surface area is 95.9 Å². The fourth-order valence-electron chi connectivity index (χ4n) is 1.47. The van der Waals surface area contributed by atoms with E-state index in [2.05, 4.69) is 4.98 Å². The number of aromatic amines is 1. The normalized spacial score (nSPS) is 10.6. The van der Waals surface area contributed by atoms with Gasteiger partial charge in [-0.25, -0.2) is 0 Å². The predicted molar refractivity (Wildman–Crippen MR) is 60.3 cm³/mol. The Morgan fingerprint density at radius 2 is 2.13 bits per heavy atom. The summed E-state index contributed by atoms with van der Waals surface area (Å²) in [6, 6.07) is 3.39. The van der Waals surface area contributed by atoms with Crippen molar-refractivity contribution in [2.45, 2.75) is 0 Å². The molecule has 0 unspecified atom stereocenters. The third kappa shape index (κ3) is 1.48. The van der Waals surface area contributed by atoms with Crippen LogP contribution in [0.2, 0.25) is 10.0 Å². The van der Waals surface area contributed by atoms with E-state index in [0.717, 1.165) is 0 Å². The van der Waals surface area contributed by atoms with Gasteiger partial charge in [-0.1, -0.05) is 23.2 Å². The molecule has 0 amide bonds. The first-order chi connectivity index (χ1) is 7.19. The van der Waals surface area contributed by atoms with Gasteiger partial charge in [0.2, 0.25) is 0 Å². The summed E-state index contributed by atoms with van der Waals surface area (Å²) in [5.41, 5.74) is 0.940. The number of fused-ring (bicyclic) bond motifs is 1. The number of carbonyl (C=O) groups is 1. The lowest BCUT2D eigenvalue weighted by atomic mass is 10.2. The molecular weight excluding hydrogens is 237 g/mol. The molecule has 0 spiro atoms. The lowest BCUT2D eigenvalue weighted by Gasteiger charge is -2.02. The highest BCUT2D eigenvalue weighted by Gasteiger charge is 2.15. The molecule has 1 N–H and O–H groups in total. The monoisotopic (exact) mass is 243 g/mol. The number of H-pyrrole nitrogens is 1. The Kier molecular flexibility index (Phi) is 2.59. The molecule has 5 heteroatoms. The van der Waals surface area contributed by atoms with Crippen LogP contribution < -0.4 is 4.74 Å². The number of benzene rings is 1. The smallest absolute Gasteiger partial charge is 0.167 e. The summed E-state index contributed by atoms with van der Waals surface area (Å²) >= 11 is 12.0. The van der Waals surface area contributed by atoms with Crippen LogP contribution in [-0.2, 0) is 0 Å². The number of aromatic nitrogens is 1. The van der Waals surface area contributed by atoms with E-state index in [1.54, 1.807) is 12.1 Å². The van der Waals surface area contributed by atoms with Crippen molar-refractivity contribution in [3.63, 3.8) is 0 Å². The molecule has 0 aliphatic carbocycles. The molecule has 0 saturated heterocycles. The molecule has 1 aromatic heterocycles. The second-order valence-corrected chi connectivity index (χ2v) is 3.76. The zero-order valence-corrected chi connectivity index (χ0v) is 9.32. The van der Waals surface area contributed by atoms with Crippen LogP contribution in [0.1, 0.15) is 10.5 Å². The van der Waals surface area contributed by atoms with E-state index in [-0.39, 0.29) is 0 Å². The zero-order chi connectivity index (χ0) is 11.0. The van der Waals surface area contributed by atoms with Gasteiger partial charge in [-0.05, 0) is 12.1 Å². The Bertz CT molecular complexity index is 534. The van der Waals surface area contributed by atoms with E-state index in [4.69, 9.17) is 27.9 Å². The summed E-state index contributed by atoms with van der Waals surface area (Å²) in [5.74, 6) is 0.601. The standard InChI is InChI=1S/C10H7Cl2NO2/c1-15-7-3-2-5(11)8-9(12)6(4-14)13-10(7)8/h2-4,13H,1H3. The zero-order valence-electron chi connectivity index (χ0n) is 7.80. The molecule has 2 aromatic rings. The van der Waals surface area contributed by atoms with Crippen molar-refractivity contribution >= 4 is 40.4 Å². The van der Waals surface area contributed by atoms with E-state index in [0.29, 0.717) is 38.7 Å². The number of carbonyl (C=O) groups excluding carboxylic acids is 1. The Hall–Kier alpha value is -1.19. The van der Waals surface area contributed by atoms with Crippen molar-refractivity contribution in [2.75, 3.05) is 7.11 Å². The largest absolute Gasteiger partial charge is 0.495 e. The van der Waals surface area contributed by atoms with E-state index < -0.39 is 0 Å². The Morgan fingerprint density at radius 3 is 2.73 bits per heavy atom. The highest BCUT2D eigenvalue weighted by Crippen LogP contribution is 2.37. The molecule has 0 radical (unpaired) electrons. The van der Waals surface area contributed by atoms with Crippen molar-refractivity contribution in [3.8, 4) is 5.75 Å². The average molecular weight is 244 g/mol. The number of hydrogen-bond donors (Lipinski definition) is 1. The molecular formula is C10H7Cl2NO2. The first-order valence-electron chi connectivity index (χ1n) is 4.18. The van der Waals surface area contributed by atoms with Crippen molar-refractivity contribution in [3.05, 3.63) is 27.9 Å². The number of halogens is 2. The third-order valence-corrected chi connectivity index (χ3v) is 2.88. The van der Waals surface area contributed by atoms with Crippen molar-refractivity contribution < 1.29 is 9.53 Å². The summed E-state index contributed by atoms with van der Waals surface area (Å²) < 4.78 is 5.13. The molecule has 0 fully saturated rings. The lowest BCUT2D eigenvalue weighted by Crippen LogP contribution is -1.84. The Morgan fingerprint density at radius 1 is 1.40 bits per heavy atom. The number of hydrogen-bond acceptors (Lipinski definition) is 2. The van der Waals surface area contributed by atoms with Crippen LogP contribution in [0.5, 0.6) is 5.75 Å². The summed E-state index contributed by atoms with van der Waals surface area (Å²) in [6.45, 7) is 0. The average Bonchev–Trinajstić information content (AvgIpc) is 2.57. The first-order valence-corrected chi connectivity index (χ1v) is 4.93. The molecule has 0 bridgehead atoms. The number of ether oxygens (including phenoxy) is 1. The predicted octanol–water partition coefficient (Wildman–Crippen LogP) is 3.30. The summed E-state index contributed by atoms with van der Waals surface area (Å²) in [7, 11) is 1.54. The number of nitrogens with one attached hydrogen (secondary N) is 1. The topological polar surface area (TPSA) is 42.1 Å². The SMILES string of the molecule is COc1ccc(Cl)c2c(Cl)c(C=O)[nH]c12. The highest BCUT2D eigenvalue weighted by atomic mass is 35.5. The van der Waals surface area contributed by atoms with Crippen molar-refractivity contribution in [1.29, 1.82) is 0 Å². The highest BCUT2D eigenvalue weighted by molar-refractivity contribution is 6.44. The number of methoxy groups -OCH3 is 1. The van der Waals surface area contributed by atoms with Crippen LogP contribution in [0.4, 0.5) is 0 Å². The van der Waals surface area contributed by atoms with Gasteiger partial charge in [0.05, 0.1) is 28.4 Å². The Balaban J connectivity index is 2.91. The first kappa shape index (κ1) is 10.3. The van der Waals surface area contributed by atoms with Crippen molar-refractivity contribution in [1.82, 2.24) is 4.98 Å². The van der Waals surface area contributed by atoms with Crippen LogP contribution in [0.15, 0.2) is 12.1 Å². The fourth-order valence-corrected chi connectivity index (χ4v) is 2.06. The molecule has 78 valence electrons. The maximum atomic E-state index is 10.7. The second kappa shape index (κ2) is 3.76. The maximum absolute atomic E-state index is 10.7. The molecule has 1 aromatic carbocycles. The quantitative estimate of drug-likeness (QED) is 0.823. The molecule has 1 heterocycles. The van der Waals surface area contributed by atoms with Crippen LogP contribution in [-0.4, -0.2) is 18.4 Å². The maximum Gasteiger partial charge on any atom is 0.167 e. The van der Waals surface area contributed by atoms with Crippen LogP contribution in [0.3, 0.4) is 0 Å². The van der Waals surface area contributed by atoms with E-state index in [1.807, 2.05) is 0 Å². The molecule has 2 rings (SSSR count). The van der Waals surface area contributed by atoms with Crippen LogP contribution in [0.25, 0.3) is 10.9 Å². The molecule has 15 heavy (non-hydrogen) atoms. The fraction of sp³-hybridized carbons (Fsp3) is 0.100. The number of rotatable bonds is 2. The van der Waals surface area contributed by atoms with Gasteiger partial charge in [-0.3, -0.25) is 4.79 Å². The van der Waals surface area contributed by atoms with Crippen LogP contribution in [0, 0.1) is 0 Å². The minimum Gasteiger partial charge on any atom is -0.495 e. The van der Waals surface area contributed by atoms with Gasteiger partial charge in [-0.15, -0.1) is 0 Å². The molecule has 3 nitrogen and oxygen atoms in total. The van der Waals surface area contributed by atoms with E-state index >= 15 is 0 Å². The van der Waals surface area contributed by atoms with E-state index in [9.17, 15) is 4.79 Å². The molecule has 0 aliphatic heterocycles. The molecule has 0 saturated carbocycles. The van der Waals surface area contributed by atoms with Gasteiger partial charge in [0.25, 0.3) is 0 Å². The van der Waals surface area contributed by atoms with Crippen LogP contribution >= 0.6 is 23.2 Å². The van der Waals surface area contributed by atoms with E-state index in [1.165, 1.54) is 7.11 Å². The minimum atomic E-state index is 0.304. The van der Waals surface area contributed by atoms with Gasteiger partial charge in [0.15, 0.2) is 6.29 Å². The van der Waals surface area contributed by atoms with Gasteiger partial charge in [-0.2, -0.15) is 0 Å². The van der Waals surface area contributed by atoms with Gasteiger partial charge in [0, 0.05) is 5.39 Å². The second-order valence-electron chi connectivity index (χ2n) is 2.97. The number of aldehydes is 1. The summed E-state index contributed by atoms with van der Waals surface area (Å²) in [4.78, 5) is 13.6. The van der Waals surface area contributed by atoms with Gasteiger partial charge < -0.3 is 9.72 Å². The summed E-state index contributed by atoms with van der Waals surface area (Å²) in [5, 5.41) is 1.42. The summed E-state index contributed by atoms with van der Waals surface area (Å²) in [6.07, 6.45) is 0.651. The minimum absolute atomic E-state index is 0.304. The lowest BCUT2D eigenvalue weighted by molar-refractivity contribution is 0.112.